The van der Waals surface area contributed by atoms with Gasteiger partial charge < -0.3 is 14.2 Å². The van der Waals surface area contributed by atoms with Crippen LogP contribution in [-0.2, 0) is 11.3 Å². The number of fused-ring (bicyclic) bond motifs is 1. The Labute approximate surface area is 121 Å². The Morgan fingerprint density at radius 1 is 1.48 bits per heavy atom. The van der Waals surface area contributed by atoms with Crippen LogP contribution in [0.4, 0.5) is 4.39 Å². The summed E-state index contributed by atoms with van der Waals surface area (Å²) in [5, 5.41) is 12.9. The Morgan fingerprint density at radius 3 is 3.05 bits per heavy atom. The van der Waals surface area contributed by atoms with Gasteiger partial charge in [-0.1, -0.05) is 23.0 Å². The van der Waals surface area contributed by atoms with Crippen molar-refractivity contribution >= 4 is 28.8 Å². The molecular weight excluding hydrogens is 299 g/mol. The van der Waals surface area contributed by atoms with E-state index in [9.17, 15) is 9.18 Å². The molecule has 0 saturated heterocycles. The quantitative estimate of drug-likeness (QED) is 0.718. The predicted molar refractivity (Wildman–Crippen MR) is 71.5 cm³/mol. The fourth-order valence-corrected chi connectivity index (χ4v) is 2.61. The van der Waals surface area contributed by atoms with Gasteiger partial charge in [0.2, 0.25) is 6.39 Å². The minimum absolute atomic E-state index is 0.169. The number of aliphatic carboxylic acids is 1. The first-order chi connectivity index (χ1) is 10.1. The summed E-state index contributed by atoms with van der Waals surface area (Å²) in [6.45, 7) is 0.221. The van der Waals surface area contributed by atoms with Gasteiger partial charge in [-0.25, -0.2) is 9.37 Å². The molecule has 0 saturated carbocycles. The molecule has 21 heavy (non-hydrogen) atoms. The van der Waals surface area contributed by atoms with Gasteiger partial charge in [-0.3, -0.25) is 4.79 Å². The smallest absolute Gasteiger partial charge is 0.313 e. The molecule has 1 aromatic carbocycles. The Kier molecular flexibility index (Phi) is 3.57. The summed E-state index contributed by atoms with van der Waals surface area (Å²) >= 11 is 1.01. The van der Waals surface area contributed by atoms with Crippen molar-refractivity contribution < 1.29 is 18.8 Å². The SMILES string of the molecule is O=C(O)CSc1nc2c(F)cccc2n1Cc1ncon1. The van der Waals surface area contributed by atoms with E-state index >= 15 is 0 Å². The molecule has 0 radical (unpaired) electrons. The Morgan fingerprint density at radius 2 is 2.33 bits per heavy atom. The van der Waals surface area contributed by atoms with Crippen molar-refractivity contribution in [1.29, 1.82) is 0 Å². The molecule has 0 bridgehead atoms. The molecule has 2 aromatic heterocycles. The van der Waals surface area contributed by atoms with Crippen molar-refractivity contribution in [1.82, 2.24) is 19.7 Å². The number of halogens is 1. The van der Waals surface area contributed by atoms with Crippen LogP contribution in [0.15, 0.2) is 34.3 Å². The van der Waals surface area contributed by atoms with Gasteiger partial charge >= 0.3 is 5.97 Å². The lowest BCUT2D eigenvalue weighted by Gasteiger charge is -2.05. The van der Waals surface area contributed by atoms with Gasteiger partial charge in [0.15, 0.2) is 16.8 Å². The fraction of sp³-hybridized carbons (Fsp3) is 0.167. The molecule has 0 aliphatic rings. The average Bonchev–Trinajstić information content (AvgIpc) is 3.07. The van der Waals surface area contributed by atoms with E-state index in [1.54, 1.807) is 16.7 Å². The van der Waals surface area contributed by atoms with Crippen molar-refractivity contribution in [2.24, 2.45) is 0 Å². The second-order valence-electron chi connectivity index (χ2n) is 4.12. The van der Waals surface area contributed by atoms with Crippen LogP contribution < -0.4 is 0 Å². The summed E-state index contributed by atoms with van der Waals surface area (Å²) in [6, 6.07) is 4.58. The third-order valence-electron chi connectivity index (χ3n) is 2.73. The number of aromatic nitrogens is 4. The average molecular weight is 308 g/mol. The molecule has 0 spiro atoms. The molecule has 1 N–H and O–H groups in total. The first-order valence-electron chi connectivity index (χ1n) is 5.89. The summed E-state index contributed by atoms with van der Waals surface area (Å²) in [5.41, 5.74) is 0.738. The largest absolute Gasteiger partial charge is 0.481 e. The summed E-state index contributed by atoms with van der Waals surface area (Å²) < 4.78 is 20.1. The molecule has 0 fully saturated rings. The maximum atomic E-state index is 13.8. The fourth-order valence-electron chi connectivity index (χ4n) is 1.88. The molecule has 0 aliphatic carbocycles. The van der Waals surface area contributed by atoms with Crippen molar-refractivity contribution in [2.45, 2.75) is 11.7 Å². The second-order valence-corrected chi connectivity index (χ2v) is 5.06. The maximum Gasteiger partial charge on any atom is 0.313 e. The molecule has 108 valence electrons. The molecule has 3 aromatic rings. The zero-order valence-electron chi connectivity index (χ0n) is 10.6. The van der Waals surface area contributed by atoms with Gasteiger partial charge in [-0.05, 0) is 12.1 Å². The Bertz CT molecular complexity index is 787. The van der Waals surface area contributed by atoms with Gasteiger partial charge in [-0.15, -0.1) is 0 Å². The van der Waals surface area contributed by atoms with Gasteiger partial charge in [0, 0.05) is 0 Å². The topological polar surface area (TPSA) is 94.0 Å². The molecule has 0 unspecified atom stereocenters. The number of para-hydroxylation sites is 1. The number of thioether (sulfide) groups is 1. The van der Waals surface area contributed by atoms with Crippen LogP contribution in [0.2, 0.25) is 0 Å². The minimum Gasteiger partial charge on any atom is -0.481 e. The summed E-state index contributed by atoms with van der Waals surface area (Å²) in [5.74, 6) is -1.21. The van der Waals surface area contributed by atoms with E-state index < -0.39 is 11.8 Å². The lowest BCUT2D eigenvalue weighted by molar-refractivity contribution is -0.133. The van der Waals surface area contributed by atoms with Gasteiger partial charge in [-0.2, -0.15) is 4.98 Å². The van der Waals surface area contributed by atoms with E-state index in [0.29, 0.717) is 16.5 Å². The van der Waals surface area contributed by atoms with E-state index in [1.807, 2.05) is 0 Å². The van der Waals surface area contributed by atoms with Crippen LogP contribution in [0.1, 0.15) is 5.82 Å². The highest BCUT2D eigenvalue weighted by atomic mass is 32.2. The van der Waals surface area contributed by atoms with E-state index in [0.717, 1.165) is 11.8 Å². The van der Waals surface area contributed by atoms with Crippen LogP contribution in [0, 0.1) is 5.82 Å². The number of carboxylic acids is 1. The van der Waals surface area contributed by atoms with Gasteiger partial charge in [0.1, 0.15) is 5.52 Å². The van der Waals surface area contributed by atoms with Gasteiger partial charge in [0.25, 0.3) is 0 Å². The number of carboxylic acid groups (broad SMARTS) is 1. The molecule has 3 rings (SSSR count). The van der Waals surface area contributed by atoms with Crippen molar-refractivity contribution in [3.05, 3.63) is 36.2 Å². The number of rotatable bonds is 5. The van der Waals surface area contributed by atoms with E-state index in [1.165, 1.54) is 12.5 Å². The zero-order chi connectivity index (χ0) is 14.8. The van der Waals surface area contributed by atoms with Crippen molar-refractivity contribution in [3.8, 4) is 0 Å². The first-order valence-corrected chi connectivity index (χ1v) is 6.88. The van der Waals surface area contributed by atoms with Crippen LogP contribution in [-0.4, -0.2) is 36.5 Å². The molecule has 9 heteroatoms. The normalized spacial score (nSPS) is 11.1. The number of imidazole rings is 1. The van der Waals surface area contributed by atoms with E-state index in [-0.39, 0.29) is 17.8 Å². The molecule has 2 heterocycles. The summed E-state index contributed by atoms with van der Waals surface area (Å²) in [4.78, 5) is 18.8. The third-order valence-corrected chi connectivity index (χ3v) is 3.69. The maximum absolute atomic E-state index is 13.8. The number of carbonyl (C=O) groups is 1. The molecule has 0 aliphatic heterocycles. The van der Waals surface area contributed by atoms with E-state index in [4.69, 9.17) is 5.11 Å². The number of nitrogens with zero attached hydrogens (tertiary/aromatic N) is 4. The highest BCUT2D eigenvalue weighted by molar-refractivity contribution is 7.99. The zero-order valence-corrected chi connectivity index (χ0v) is 11.4. The second kappa shape index (κ2) is 5.52. The monoisotopic (exact) mass is 308 g/mol. The van der Waals surface area contributed by atoms with Crippen molar-refractivity contribution in [2.75, 3.05) is 5.75 Å². The number of benzene rings is 1. The van der Waals surface area contributed by atoms with Crippen molar-refractivity contribution in [3.63, 3.8) is 0 Å². The first kappa shape index (κ1) is 13.6. The Balaban J connectivity index is 2.06. The highest BCUT2D eigenvalue weighted by Gasteiger charge is 2.16. The minimum atomic E-state index is -0.973. The molecule has 0 amide bonds. The molecule has 7 nitrogen and oxygen atoms in total. The summed E-state index contributed by atoms with van der Waals surface area (Å²) in [6.07, 6.45) is 1.19. The van der Waals surface area contributed by atoms with Gasteiger partial charge in [0.05, 0.1) is 17.8 Å². The van der Waals surface area contributed by atoms with Crippen LogP contribution in [0.5, 0.6) is 0 Å². The Hall–Kier alpha value is -2.42. The standard InChI is InChI=1S/C12H9FN4O3S/c13-7-2-1-3-8-11(7)15-12(21-5-10(18)19)17(8)4-9-14-6-20-16-9/h1-3,6H,4-5H2,(H,18,19). The van der Waals surface area contributed by atoms with Crippen LogP contribution >= 0.6 is 11.8 Å². The number of hydrogen-bond acceptors (Lipinski definition) is 6. The molecule has 0 atom stereocenters. The van der Waals surface area contributed by atoms with Crippen LogP contribution in [0.3, 0.4) is 0 Å². The number of hydrogen-bond donors (Lipinski definition) is 1. The highest BCUT2D eigenvalue weighted by Crippen LogP contribution is 2.26. The predicted octanol–water partition coefficient (Wildman–Crippen LogP) is 1.78. The lowest BCUT2D eigenvalue weighted by atomic mass is 10.3. The van der Waals surface area contributed by atoms with E-state index in [2.05, 4.69) is 19.6 Å². The van der Waals surface area contributed by atoms with Crippen LogP contribution in [0.25, 0.3) is 11.0 Å². The molecular formula is C12H9FN4O3S. The summed E-state index contributed by atoms with van der Waals surface area (Å²) in [7, 11) is 0. The third kappa shape index (κ3) is 2.72. The lowest BCUT2D eigenvalue weighted by Crippen LogP contribution is -2.05.